The lowest BCUT2D eigenvalue weighted by molar-refractivity contribution is -0.00461. The van der Waals surface area contributed by atoms with Gasteiger partial charge in [-0.3, -0.25) is 4.90 Å². The molecule has 0 aromatic carbocycles. The Kier molecular flexibility index (Phi) is 3.50. The summed E-state index contributed by atoms with van der Waals surface area (Å²) < 4.78 is 10.7. The zero-order valence-electron chi connectivity index (χ0n) is 8.41. The summed E-state index contributed by atoms with van der Waals surface area (Å²) in [5, 5.41) is 0. The fourth-order valence-electron chi connectivity index (χ4n) is 1.65. The van der Waals surface area contributed by atoms with Gasteiger partial charge in [-0.2, -0.15) is 0 Å². The number of methoxy groups -OCH3 is 2. The van der Waals surface area contributed by atoms with Crippen LogP contribution in [-0.4, -0.2) is 50.5 Å². The smallest absolute Gasteiger partial charge is 0.0971 e. The highest BCUT2D eigenvalue weighted by atomic mass is 16.5. The Morgan fingerprint density at radius 2 is 1.50 bits per heavy atom. The second kappa shape index (κ2) is 4.21. The molecule has 1 aliphatic rings. The Morgan fingerprint density at radius 1 is 1.08 bits per heavy atom. The van der Waals surface area contributed by atoms with E-state index >= 15 is 0 Å². The van der Waals surface area contributed by atoms with E-state index in [4.69, 9.17) is 9.47 Å². The third-order valence-electron chi connectivity index (χ3n) is 2.58. The molecule has 0 spiro atoms. The van der Waals surface area contributed by atoms with Crippen LogP contribution in [0.15, 0.2) is 0 Å². The van der Waals surface area contributed by atoms with E-state index in [0.717, 1.165) is 13.1 Å². The van der Waals surface area contributed by atoms with Crippen molar-refractivity contribution in [3.8, 4) is 0 Å². The number of hydrogen-bond donors (Lipinski definition) is 0. The van der Waals surface area contributed by atoms with Crippen LogP contribution in [0.2, 0.25) is 0 Å². The lowest BCUT2D eigenvalue weighted by atomic mass is 10.3. The molecule has 2 atom stereocenters. The number of nitrogens with zero attached hydrogens (tertiary/aromatic N) is 1. The summed E-state index contributed by atoms with van der Waals surface area (Å²) in [7, 11) is 3.50. The van der Waals surface area contributed by atoms with E-state index in [1.807, 2.05) is 0 Å². The summed E-state index contributed by atoms with van der Waals surface area (Å²) in [6.07, 6.45) is 0.495. The molecule has 3 nitrogen and oxygen atoms in total. The second-order valence-corrected chi connectivity index (χ2v) is 3.60. The fourth-order valence-corrected chi connectivity index (χ4v) is 1.65. The molecule has 1 aliphatic heterocycles. The van der Waals surface area contributed by atoms with Crippen LogP contribution >= 0.6 is 0 Å². The van der Waals surface area contributed by atoms with E-state index in [1.165, 1.54) is 0 Å². The highest BCUT2D eigenvalue weighted by molar-refractivity contribution is 4.86. The Hall–Kier alpha value is -0.120. The second-order valence-electron chi connectivity index (χ2n) is 3.60. The van der Waals surface area contributed by atoms with Gasteiger partial charge < -0.3 is 9.47 Å². The molecule has 0 aromatic heterocycles. The molecule has 0 aliphatic carbocycles. The largest absolute Gasteiger partial charge is 0.377 e. The predicted molar refractivity (Wildman–Crippen MR) is 48.3 cm³/mol. The van der Waals surface area contributed by atoms with Crippen LogP contribution in [0.5, 0.6) is 0 Å². The summed E-state index contributed by atoms with van der Waals surface area (Å²) in [5.74, 6) is 0. The minimum atomic E-state index is 0.248. The van der Waals surface area contributed by atoms with E-state index in [-0.39, 0.29) is 12.2 Å². The molecule has 1 heterocycles. The monoisotopic (exact) mass is 173 g/mol. The molecular weight excluding hydrogens is 154 g/mol. The first-order valence-corrected chi connectivity index (χ1v) is 4.48. The average molecular weight is 173 g/mol. The van der Waals surface area contributed by atoms with Gasteiger partial charge in [0.15, 0.2) is 0 Å². The van der Waals surface area contributed by atoms with Crippen LogP contribution in [-0.2, 0) is 9.47 Å². The van der Waals surface area contributed by atoms with E-state index < -0.39 is 0 Å². The van der Waals surface area contributed by atoms with E-state index in [2.05, 4.69) is 18.7 Å². The molecule has 12 heavy (non-hydrogen) atoms. The maximum absolute atomic E-state index is 5.33. The molecule has 72 valence electrons. The highest BCUT2D eigenvalue weighted by Crippen LogP contribution is 2.17. The van der Waals surface area contributed by atoms with Crippen LogP contribution in [0.4, 0.5) is 0 Å². The van der Waals surface area contributed by atoms with Gasteiger partial charge in [0.25, 0.3) is 0 Å². The van der Waals surface area contributed by atoms with Gasteiger partial charge in [0.05, 0.1) is 12.2 Å². The van der Waals surface area contributed by atoms with E-state index in [9.17, 15) is 0 Å². The highest BCUT2D eigenvalue weighted by Gasteiger charge is 2.33. The standard InChI is InChI=1S/C9H19NO2/c1-7(2)10-5-8(11-3)9(6-10)12-4/h7-9H,5-6H2,1-4H3/t8-,9-/m1/s1. The molecule has 0 radical (unpaired) electrons. The van der Waals surface area contributed by atoms with Crippen LogP contribution in [0.3, 0.4) is 0 Å². The maximum Gasteiger partial charge on any atom is 0.0971 e. The van der Waals surface area contributed by atoms with Gasteiger partial charge in [-0.05, 0) is 13.8 Å². The van der Waals surface area contributed by atoms with Crippen molar-refractivity contribution in [2.24, 2.45) is 0 Å². The number of ether oxygens (including phenoxy) is 2. The van der Waals surface area contributed by atoms with Crippen molar-refractivity contribution in [1.29, 1.82) is 0 Å². The lowest BCUT2D eigenvalue weighted by Gasteiger charge is -2.19. The van der Waals surface area contributed by atoms with Gasteiger partial charge in [-0.25, -0.2) is 0 Å². The summed E-state index contributed by atoms with van der Waals surface area (Å²) in [6, 6.07) is 0.586. The Bertz CT molecular complexity index is 126. The van der Waals surface area contributed by atoms with Gasteiger partial charge >= 0.3 is 0 Å². The summed E-state index contributed by atoms with van der Waals surface area (Å²) >= 11 is 0. The lowest BCUT2D eigenvalue weighted by Crippen LogP contribution is -2.29. The normalized spacial score (nSPS) is 31.8. The van der Waals surface area contributed by atoms with Crippen molar-refractivity contribution in [2.75, 3.05) is 27.3 Å². The van der Waals surface area contributed by atoms with Crippen LogP contribution in [0.25, 0.3) is 0 Å². The maximum atomic E-state index is 5.33. The first-order chi connectivity index (χ1) is 5.69. The topological polar surface area (TPSA) is 21.7 Å². The molecule has 0 amide bonds. The Balaban J connectivity index is 2.47. The molecule has 0 bridgehead atoms. The first kappa shape index (κ1) is 9.96. The van der Waals surface area contributed by atoms with Gasteiger partial charge in [-0.1, -0.05) is 0 Å². The third-order valence-corrected chi connectivity index (χ3v) is 2.58. The molecule has 0 saturated carbocycles. The van der Waals surface area contributed by atoms with Crippen molar-refractivity contribution in [1.82, 2.24) is 4.90 Å². The zero-order valence-corrected chi connectivity index (χ0v) is 8.41. The Morgan fingerprint density at radius 3 is 1.75 bits per heavy atom. The van der Waals surface area contributed by atoms with E-state index in [1.54, 1.807) is 14.2 Å². The van der Waals surface area contributed by atoms with Crippen LogP contribution in [0.1, 0.15) is 13.8 Å². The Labute approximate surface area is 74.6 Å². The van der Waals surface area contributed by atoms with Gasteiger partial charge in [-0.15, -0.1) is 0 Å². The van der Waals surface area contributed by atoms with E-state index in [0.29, 0.717) is 6.04 Å². The molecule has 0 N–H and O–H groups in total. The molecule has 1 saturated heterocycles. The molecule has 1 fully saturated rings. The summed E-state index contributed by atoms with van der Waals surface area (Å²) in [4.78, 5) is 2.38. The van der Waals surface area contributed by atoms with Gasteiger partial charge in [0.1, 0.15) is 0 Å². The third kappa shape index (κ3) is 1.97. The van der Waals surface area contributed by atoms with Crippen molar-refractivity contribution in [2.45, 2.75) is 32.1 Å². The molecule has 3 heteroatoms. The molecule has 0 aromatic rings. The van der Waals surface area contributed by atoms with Crippen LogP contribution < -0.4 is 0 Å². The minimum Gasteiger partial charge on any atom is -0.377 e. The number of rotatable bonds is 3. The predicted octanol–water partition coefficient (Wildman–Crippen LogP) is 0.740. The quantitative estimate of drug-likeness (QED) is 0.628. The first-order valence-electron chi connectivity index (χ1n) is 4.48. The minimum absolute atomic E-state index is 0.248. The number of hydrogen-bond acceptors (Lipinski definition) is 3. The number of likely N-dealkylation sites (tertiary alicyclic amines) is 1. The van der Waals surface area contributed by atoms with Gasteiger partial charge in [0, 0.05) is 33.4 Å². The summed E-state index contributed by atoms with van der Waals surface area (Å²) in [6.45, 7) is 6.38. The molecular formula is C9H19NO2. The van der Waals surface area contributed by atoms with Crippen LogP contribution in [0, 0.1) is 0 Å². The van der Waals surface area contributed by atoms with Crippen molar-refractivity contribution in [3.05, 3.63) is 0 Å². The summed E-state index contributed by atoms with van der Waals surface area (Å²) in [5.41, 5.74) is 0. The van der Waals surface area contributed by atoms with Crippen molar-refractivity contribution in [3.63, 3.8) is 0 Å². The molecule has 0 unspecified atom stereocenters. The van der Waals surface area contributed by atoms with Crippen molar-refractivity contribution < 1.29 is 9.47 Å². The SMILES string of the molecule is CO[C@@H]1CN(C(C)C)C[C@H]1OC. The van der Waals surface area contributed by atoms with Gasteiger partial charge in [0.2, 0.25) is 0 Å². The molecule has 1 rings (SSSR count). The zero-order chi connectivity index (χ0) is 9.14. The fraction of sp³-hybridized carbons (Fsp3) is 1.00. The van der Waals surface area contributed by atoms with Crippen molar-refractivity contribution >= 4 is 0 Å². The average Bonchev–Trinajstić information content (AvgIpc) is 2.46.